The Labute approximate surface area is 132 Å². The molecule has 3 nitrogen and oxygen atoms in total. The van der Waals surface area contributed by atoms with Crippen LogP contribution in [0, 0.1) is 5.41 Å². The maximum absolute atomic E-state index is 4.87. The van der Waals surface area contributed by atoms with E-state index in [4.69, 9.17) is 4.98 Å². The van der Waals surface area contributed by atoms with Crippen LogP contribution in [0.25, 0.3) is 10.6 Å². The van der Waals surface area contributed by atoms with Gasteiger partial charge in [0.2, 0.25) is 0 Å². The van der Waals surface area contributed by atoms with Gasteiger partial charge in [-0.1, -0.05) is 13.8 Å². The van der Waals surface area contributed by atoms with Gasteiger partial charge in [-0.15, -0.1) is 11.3 Å². The average Bonchev–Trinajstić information content (AvgIpc) is 2.80. The first kappa shape index (κ1) is 14.2. The smallest absolute Gasteiger partial charge is 0.125 e. The molecular weight excluding hydrogens is 334 g/mol. The minimum Gasteiger partial charge on any atom is -0.312 e. The van der Waals surface area contributed by atoms with E-state index in [0.29, 0.717) is 11.5 Å². The Bertz CT molecular complexity index is 636. The highest BCUT2D eigenvalue weighted by Crippen LogP contribution is 2.44. The molecule has 0 saturated heterocycles. The van der Waals surface area contributed by atoms with Gasteiger partial charge in [-0.25, -0.2) is 4.98 Å². The second kappa shape index (κ2) is 5.20. The molecular formula is C15H18BrN3S. The summed E-state index contributed by atoms with van der Waals surface area (Å²) in [5.41, 5.74) is 2.65. The summed E-state index contributed by atoms with van der Waals surface area (Å²) in [7, 11) is 2.04. The van der Waals surface area contributed by atoms with Crippen LogP contribution in [-0.4, -0.2) is 17.0 Å². The summed E-state index contributed by atoms with van der Waals surface area (Å²) in [4.78, 5) is 10.5. The highest BCUT2D eigenvalue weighted by Gasteiger charge is 2.34. The standard InChI is InChI=1S/C15H18BrN3S/c1-15(2)5-11(17-3)13-12(6-15)19-14(20-13)9-4-10(16)8-18-7-9/h4,7-8,11,17H,5-6H2,1-3H3. The van der Waals surface area contributed by atoms with E-state index in [2.05, 4.69) is 46.1 Å². The second-order valence-corrected chi connectivity index (χ2v) is 8.05. The Hall–Kier alpha value is -0.780. The number of hydrogen-bond acceptors (Lipinski definition) is 4. The predicted octanol–water partition coefficient (Wildman–Crippen LogP) is 4.20. The quantitative estimate of drug-likeness (QED) is 0.880. The predicted molar refractivity (Wildman–Crippen MR) is 86.9 cm³/mol. The van der Waals surface area contributed by atoms with Gasteiger partial charge < -0.3 is 5.32 Å². The Morgan fingerprint density at radius 1 is 1.40 bits per heavy atom. The van der Waals surface area contributed by atoms with Gasteiger partial charge in [-0.2, -0.15) is 0 Å². The van der Waals surface area contributed by atoms with Gasteiger partial charge in [0, 0.05) is 33.3 Å². The maximum Gasteiger partial charge on any atom is 0.125 e. The number of thiazole rings is 1. The molecule has 106 valence electrons. The van der Waals surface area contributed by atoms with Crippen molar-refractivity contribution in [3.8, 4) is 10.6 Å². The number of hydrogen-bond donors (Lipinski definition) is 1. The van der Waals surface area contributed by atoms with Crippen molar-refractivity contribution in [1.82, 2.24) is 15.3 Å². The minimum absolute atomic E-state index is 0.307. The van der Waals surface area contributed by atoms with E-state index >= 15 is 0 Å². The number of pyridine rings is 1. The van der Waals surface area contributed by atoms with E-state index in [0.717, 1.165) is 27.9 Å². The highest BCUT2D eigenvalue weighted by atomic mass is 79.9. The summed E-state index contributed by atoms with van der Waals surface area (Å²) in [6, 6.07) is 2.50. The molecule has 2 aromatic heterocycles. The molecule has 1 unspecified atom stereocenters. The summed E-state index contributed by atoms with van der Waals surface area (Å²) in [5.74, 6) is 0. The first-order valence-electron chi connectivity index (χ1n) is 6.76. The van der Waals surface area contributed by atoms with Crippen molar-refractivity contribution < 1.29 is 0 Å². The third-order valence-corrected chi connectivity index (χ3v) is 5.44. The van der Waals surface area contributed by atoms with Crippen LogP contribution in [0.2, 0.25) is 0 Å². The summed E-state index contributed by atoms with van der Waals surface area (Å²) in [6.07, 6.45) is 5.90. The van der Waals surface area contributed by atoms with E-state index in [1.54, 1.807) is 17.5 Å². The van der Waals surface area contributed by atoms with E-state index in [9.17, 15) is 0 Å². The van der Waals surface area contributed by atoms with Crippen molar-refractivity contribution in [3.05, 3.63) is 33.5 Å². The summed E-state index contributed by atoms with van der Waals surface area (Å²) in [5, 5.41) is 4.51. The van der Waals surface area contributed by atoms with E-state index in [1.807, 2.05) is 13.2 Å². The molecule has 0 spiro atoms. The molecule has 0 saturated carbocycles. The lowest BCUT2D eigenvalue weighted by atomic mass is 9.76. The van der Waals surface area contributed by atoms with Crippen LogP contribution in [0.4, 0.5) is 0 Å². The Kier molecular flexibility index (Phi) is 3.69. The number of rotatable bonds is 2. The van der Waals surface area contributed by atoms with Crippen LogP contribution in [-0.2, 0) is 6.42 Å². The highest BCUT2D eigenvalue weighted by molar-refractivity contribution is 9.10. The molecule has 1 N–H and O–H groups in total. The van der Waals surface area contributed by atoms with Gasteiger partial charge in [-0.3, -0.25) is 4.98 Å². The van der Waals surface area contributed by atoms with Crippen molar-refractivity contribution in [2.24, 2.45) is 5.41 Å². The largest absolute Gasteiger partial charge is 0.312 e. The molecule has 1 aliphatic rings. The molecule has 2 aromatic rings. The van der Waals surface area contributed by atoms with Crippen LogP contribution >= 0.6 is 27.3 Å². The van der Waals surface area contributed by atoms with E-state index < -0.39 is 0 Å². The van der Waals surface area contributed by atoms with Gasteiger partial charge in [0.05, 0.1) is 5.69 Å². The van der Waals surface area contributed by atoms with Gasteiger partial charge in [0.1, 0.15) is 5.01 Å². The zero-order valence-corrected chi connectivity index (χ0v) is 14.3. The minimum atomic E-state index is 0.307. The fourth-order valence-electron chi connectivity index (χ4n) is 2.82. The first-order chi connectivity index (χ1) is 9.48. The molecule has 5 heteroatoms. The Balaban J connectivity index is 2.04. The molecule has 0 bridgehead atoms. The molecule has 0 aromatic carbocycles. The number of halogens is 1. The Morgan fingerprint density at radius 3 is 2.90 bits per heavy atom. The number of aromatic nitrogens is 2. The van der Waals surface area contributed by atoms with Crippen molar-refractivity contribution in [3.63, 3.8) is 0 Å². The van der Waals surface area contributed by atoms with Crippen LogP contribution in [0.3, 0.4) is 0 Å². The van der Waals surface area contributed by atoms with Crippen LogP contribution in [0.5, 0.6) is 0 Å². The van der Waals surface area contributed by atoms with Crippen molar-refractivity contribution in [2.75, 3.05) is 7.05 Å². The van der Waals surface area contributed by atoms with Crippen molar-refractivity contribution in [2.45, 2.75) is 32.7 Å². The third kappa shape index (κ3) is 2.67. The zero-order valence-electron chi connectivity index (χ0n) is 11.9. The normalized spacial score (nSPS) is 20.7. The summed E-state index contributed by atoms with van der Waals surface area (Å²) >= 11 is 5.27. The van der Waals surface area contributed by atoms with E-state index in [-0.39, 0.29) is 0 Å². The van der Waals surface area contributed by atoms with Crippen LogP contribution < -0.4 is 5.32 Å². The molecule has 0 amide bonds. The maximum atomic E-state index is 4.87. The average molecular weight is 352 g/mol. The van der Waals surface area contributed by atoms with Gasteiger partial charge in [0.25, 0.3) is 0 Å². The lowest BCUT2D eigenvalue weighted by Crippen LogP contribution is -2.30. The molecule has 0 aliphatic heterocycles. The van der Waals surface area contributed by atoms with E-state index in [1.165, 1.54) is 10.6 Å². The number of fused-ring (bicyclic) bond motifs is 1. The fourth-order valence-corrected chi connectivity index (χ4v) is 4.36. The van der Waals surface area contributed by atoms with Gasteiger partial charge in [-0.05, 0) is 47.3 Å². The van der Waals surface area contributed by atoms with Crippen LogP contribution in [0.15, 0.2) is 22.9 Å². The number of nitrogens with zero attached hydrogens (tertiary/aromatic N) is 2. The monoisotopic (exact) mass is 351 g/mol. The molecule has 2 heterocycles. The first-order valence-corrected chi connectivity index (χ1v) is 8.37. The van der Waals surface area contributed by atoms with Crippen molar-refractivity contribution in [1.29, 1.82) is 0 Å². The molecule has 0 fully saturated rings. The molecule has 3 rings (SSSR count). The van der Waals surface area contributed by atoms with Crippen LogP contribution in [0.1, 0.15) is 36.9 Å². The fraction of sp³-hybridized carbons (Fsp3) is 0.467. The topological polar surface area (TPSA) is 37.8 Å². The second-order valence-electron chi connectivity index (χ2n) is 6.11. The lowest BCUT2D eigenvalue weighted by molar-refractivity contribution is 0.265. The lowest BCUT2D eigenvalue weighted by Gasteiger charge is -2.34. The summed E-state index contributed by atoms with van der Waals surface area (Å²) < 4.78 is 0.994. The number of nitrogens with one attached hydrogen (secondary N) is 1. The molecule has 1 atom stereocenters. The SMILES string of the molecule is CNC1CC(C)(C)Cc2nc(-c3cncc(Br)c3)sc21. The molecule has 20 heavy (non-hydrogen) atoms. The molecule has 1 aliphatic carbocycles. The zero-order chi connectivity index (χ0) is 14.3. The van der Waals surface area contributed by atoms with Gasteiger partial charge in [0.15, 0.2) is 0 Å². The molecule has 0 radical (unpaired) electrons. The van der Waals surface area contributed by atoms with Crippen molar-refractivity contribution >= 4 is 27.3 Å². The van der Waals surface area contributed by atoms with Gasteiger partial charge >= 0.3 is 0 Å². The Morgan fingerprint density at radius 2 is 2.20 bits per heavy atom. The third-order valence-electron chi connectivity index (χ3n) is 3.75. The summed E-state index contributed by atoms with van der Waals surface area (Å²) in [6.45, 7) is 4.64.